The highest BCUT2D eigenvalue weighted by Crippen LogP contribution is 2.50. The first-order valence-corrected chi connectivity index (χ1v) is 9.00. The van der Waals surface area contributed by atoms with Crippen molar-refractivity contribution < 1.29 is 14.3 Å². The molecule has 24 heavy (non-hydrogen) atoms. The van der Waals surface area contributed by atoms with Gasteiger partial charge in [-0.1, -0.05) is 44.2 Å². The molecule has 3 unspecified atom stereocenters. The summed E-state index contributed by atoms with van der Waals surface area (Å²) >= 11 is 0. The quantitative estimate of drug-likeness (QED) is 0.705. The maximum atomic E-state index is 12.9. The SMILES string of the molecule is CC[C@](C)(OC(=O)C1CC(C)C1(C)OC(C)(C)C)c1ccccc1. The summed E-state index contributed by atoms with van der Waals surface area (Å²) in [6, 6.07) is 9.98. The van der Waals surface area contributed by atoms with Gasteiger partial charge in [0.15, 0.2) is 0 Å². The second-order valence-corrected chi connectivity index (χ2v) is 8.46. The number of rotatable bonds is 5. The molecule has 0 amide bonds. The molecule has 0 aliphatic heterocycles. The summed E-state index contributed by atoms with van der Waals surface area (Å²) in [7, 11) is 0. The fourth-order valence-corrected chi connectivity index (χ4v) is 3.59. The molecule has 3 heteroatoms. The number of ether oxygens (including phenoxy) is 2. The number of esters is 1. The first-order valence-electron chi connectivity index (χ1n) is 9.00. The summed E-state index contributed by atoms with van der Waals surface area (Å²) < 4.78 is 12.3. The molecule has 0 bridgehead atoms. The van der Waals surface area contributed by atoms with E-state index < -0.39 is 11.2 Å². The van der Waals surface area contributed by atoms with Crippen LogP contribution in [0.25, 0.3) is 0 Å². The summed E-state index contributed by atoms with van der Waals surface area (Å²) in [5.41, 5.74) is -0.303. The molecule has 0 N–H and O–H groups in total. The van der Waals surface area contributed by atoms with Gasteiger partial charge in [0.25, 0.3) is 0 Å². The van der Waals surface area contributed by atoms with Crippen molar-refractivity contribution in [2.45, 2.75) is 78.1 Å². The Bertz CT molecular complexity index is 574. The lowest BCUT2D eigenvalue weighted by atomic mass is 9.62. The Kier molecular flexibility index (Phi) is 5.15. The van der Waals surface area contributed by atoms with E-state index in [-0.39, 0.29) is 17.5 Å². The van der Waals surface area contributed by atoms with E-state index in [9.17, 15) is 4.79 Å². The minimum atomic E-state index is -0.597. The number of benzene rings is 1. The molecule has 1 aliphatic rings. The lowest BCUT2D eigenvalue weighted by Crippen LogP contribution is -2.60. The largest absolute Gasteiger partial charge is 0.454 e. The topological polar surface area (TPSA) is 35.5 Å². The maximum Gasteiger partial charge on any atom is 0.312 e. The van der Waals surface area contributed by atoms with Gasteiger partial charge >= 0.3 is 5.97 Å². The Labute approximate surface area is 146 Å². The summed E-state index contributed by atoms with van der Waals surface area (Å²) in [6.07, 6.45) is 1.56. The third kappa shape index (κ3) is 3.66. The molecule has 1 saturated carbocycles. The minimum Gasteiger partial charge on any atom is -0.454 e. The fraction of sp³-hybridized carbons (Fsp3) is 0.667. The third-order valence-electron chi connectivity index (χ3n) is 5.46. The van der Waals surface area contributed by atoms with E-state index >= 15 is 0 Å². The van der Waals surface area contributed by atoms with Crippen LogP contribution in [0.5, 0.6) is 0 Å². The Hall–Kier alpha value is -1.35. The third-order valence-corrected chi connectivity index (χ3v) is 5.46. The van der Waals surface area contributed by atoms with Gasteiger partial charge in [0.2, 0.25) is 0 Å². The van der Waals surface area contributed by atoms with Crippen molar-refractivity contribution in [2.75, 3.05) is 0 Å². The van der Waals surface area contributed by atoms with E-state index in [1.54, 1.807) is 0 Å². The normalized spacial score (nSPS) is 29.5. The van der Waals surface area contributed by atoms with Crippen LogP contribution in [-0.4, -0.2) is 17.2 Å². The maximum absolute atomic E-state index is 12.9. The molecule has 4 atom stereocenters. The number of hydrogen-bond donors (Lipinski definition) is 0. The van der Waals surface area contributed by atoms with Crippen LogP contribution in [0.15, 0.2) is 30.3 Å². The van der Waals surface area contributed by atoms with E-state index in [1.165, 1.54) is 0 Å². The van der Waals surface area contributed by atoms with Gasteiger partial charge in [0.1, 0.15) is 5.60 Å². The molecule has 1 fully saturated rings. The standard InChI is InChI=1S/C21H32O3/c1-8-20(6,16-12-10-9-11-13-16)23-18(22)17-14-15(2)21(17,7)24-19(3,4)5/h9-13,15,17H,8,14H2,1-7H3/t15?,17?,20-,21?/m0/s1. The highest BCUT2D eigenvalue weighted by Gasteiger charge is 2.57. The molecular formula is C21H32O3. The van der Waals surface area contributed by atoms with Crippen molar-refractivity contribution in [3.05, 3.63) is 35.9 Å². The molecule has 0 heterocycles. The molecule has 0 aromatic heterocycles. The van der Waals surface area contributed by atoms with Crippen LogP contribution in [0.3, 0.4) is 0 Å². The van der Waals surface area contributed by atoms with Gasteiger partial charge in [-0.25, -0.2) is 0 Å². The Balaban J connectivity index is 2.17. The zero-order valence-corrected chi connectivity index (χ0v) is 16.2. The fourth-order valence-electron chi connectivity index (χ4n) is 3.59. The van der Waals surface area contributed by atoms with E-state index in [1.807, 2.05) is 65.0 Å². The lowest BCUT2D eigenvalue weighted by molar-refractivity contribution is -0.239. The van der Waals surface area contributed by atoms with E-state index in [0.29, 0.717) is 5.92 Å². The molecule has 2 rings (SSSR count). The minimum absolute atomic E-state index is 0.145. The van der Waals surface area contributed by atoms with Crippen LogP contribution in [0.2, 0.25) is 0 Å². The molecule has 0 saturated heterocycles. The van der Waals surface area contributed by atoms with Crippen molar-refractivity contribution in [3.8, 4) is 0 Å². The highest BCUT2D eigenvalue weighted by atomic mass is 16.6. The van der Waals surface area contributed by atoms with Crippen LogP contribution in [-0.2, 0) is 19.9 Å². The van der Waals surface area contributed by atoms with Crippen LogP contribution in [0, 0.1) is 11.8 Å². The van der Waals surface area contributed by atoms with Crippen molar-refractivity contribution in [3.63, 3.8) is 0 Å². The lowest BCUT2D eigenvalue weighted by Gasteiger charge is -2.54. The molecule has 1 aliphatic carbocycles. The predicted octanol–water partition coefficient (Wildman–Crippen LogP) is 5.08. The monoisotopic (exact) mass is 332 g/mol. The van der Waals surface area contributed by atoms with E-state index in [0.717, 1.165) is 18.4 Å². The van der Waals surface area contributed by atoms with Gasteiger partial charge in [-0.15, -0.1) is 0 Å². The molecule has 1 aromatic carbocycles. The molecule has 0 radical (unpaired) electrons. The average Bonchev–Trinajstić information content (AvgIpc) is 2.51. The second kappa shape index (κ2) is 6.51. The Morgan fingerprint density at radius 2 is 1.79 bits per heavy atom. The molecule has 0 spiro atoms. The molecule has 134 valence electrons. The number of hydrogen-bond acceptors (Lipinski definition) is 3. The van der Waals surface area contributed by atoms with Gasteiger partial charge in [0, 0.05) is 0 Å². The summed E-state index contributed by atoms with van der Waals surface area (Å²) in [5, 5.41) is 0. The van der Waals surface area contributed by atoms with Gasteiger partial charge in [0.05, 0.1) is 17.1 Å². The summed E-state index contributed by atoms with van der Waals surface area (Å²) in [6.45, 7) is 14.3. The van der Waals surface area contributed by atoms with Crippen LogP contribution < -0.4 is 0 Å². The Morgan fingerprint density at radius 3 is 2.25 bits per heavy atom. The van der Waals surface area contributed by atoms with Crippen LogP contribution in [0.4, 0.5) is 0 Å². The van der Waals surface area contributed by atoms with Crippen molar-refractivity contribution in [1.82, 2.24) is 0 Å². The van der Waals surface area contributed by atoms with E-state index in [4.69, 9.17) is 9.47 Å². The predicted molar refractivity (Wildman–Crippen MR) is 96.7 cm³/mol. The first kappa shape index (κ1) is 19.0. The zero-order valence-electron chi connectivity index (χ0n) is 16.2. The molecule has 3 nitrogen and oxygen atoms in total. The van der Waals surface area contributed by atoms with Crippen molar-refractivity contribution >= 4 is 5.97 Å². The summed E-state index contributed by atoms with van der Waals surface area (Å²) in [5.74, 6) is -0.00625. The van der Waals surface area contributed by atoms with E-state index in [2.05, 4.69) is 13.8 Å². The molecule has 1 aromatic rings. The number of carbonyl (C=O) groups is 1. The van der Waals surface area contributed by atoms with Crippen LogP contribution >= 0.6 is 0 Å². The van der Waals surface area contributed by atoms with Crippen LogP contribution in [0.1, 0.15) is 66.9 Å². The Morgan fingerprint density at radius 1 is 1.21 bits per heavy atom. The van der Waals surface area contributed by atoms with Gasteiger partial charge < -0.3 is 9.47 Å². The average molecular weight is 332 g/mol. The van der Waals surface area contributed by atoms with Crippen molar-refractivity contribution in [1.29, 1.82) is 0 Å². The van der Waals surface area contributed by atoms with Gasteiger partial charge in [-0.3, -0.25) is 4.79 Å². The second-order valence-electron chi connectivity index (χ2n) is 8.46. The number of carbonyl (C=O) groups excluding carboxylic acids is 1. The highest BCUT2D eigenvalue weighted by molar-refractivity contribution is 5.76. The smallest absolute Gasteiger partial charge is 0.312 e. The van der Waals surface area contributed by atoms with Gasteiger partial charge in [-0.2, -0.15) is 0 Å². The van der Waals surface area contributed by atoms with Crippen molar-refractivity contribution in [2.24, 2.45) is 11.8 Å². The molecular weight excluding hydrogens is 300 g/mol. The zero-order chi connectivity index (χ0) is 18.2. The summed E-state index contributed by atoms with van der Waals surface area (Å²) in [4.78, 5) is 12.9. The first-order chi connectivity index (χ1) is 11.0. The van der Waals surface area contributed by atoms with Gasteiger partial charge in [-0.05, 0) is 58.9 Å².